The molecule has 0 N–H and O–H groups in total. The van der Waals surface area contributed by atoms with Gasteiger partial charge in [0, 0.05) is 39.6 Å². The monoisotopic (exact) mass is 191 g/mol. The maximum Gasteiger partial charge on any atom is 0.257 e. The van der Waals surface area contributed by atoms with Gasteiger partial charge in [0.05, 0.1) is 11.3 Å². The molecule has 0 saturated carbocycles. The van der Waals surface area contributed by atoms with Crippen LogP contribution in [0.15, 0.2) is 18.5 Å². The number of carbonyl (C=O) groups is 1. The second-order valence-corrected chi connectivity index (χ2v) is 3.54. The van der Waals surface area contributed by atoms with Crippen LogP contribution in [0.25, 0.3) is 0 Å². The van der Waals surface area contributed by atoms with Gasteiger partial charge in [0.1, 0.15) is 0 Å². The lowest BCUT2D eigenvalue weighted by atomic mass is 10.2. The molecule has 2 rings (SSSR count). The molecule has 1 amide bonds. The Hall–Kier alpha value is -1.58. The molecule has 0 fully saturated rings. The van der Waals surface area contributed by atoms with E-state index in [1.807, 2.05) is 20.2 Å². The van der Waals surface area contributed by atoms with Crippen molar-refractivity contribution >= 4 is 11.6 Å². The summed E-state index contributed by atoms with van der Waals surface area (Å²) in [6.07, 6.45) is 3.35. The predicted octanol–water partition coefficient (Wildman–Crippen LogP) is 0.603. The van der Waals surface area contributed by atoms with Crippen LogP contribution < -0.4 is 4.90 Å². The van der Waals surface area contributed by atoms with Gasteiger partial charge in [-0.1, -0.05) is 0 Å². The molecule has 2 heterocycles. The Morgan fingerprint density at radius 3 is 2.79 bits per heavy atom. The minimum absolute atomic E-state index is 0.0532. The van der Waals surface area contributed by atoms with Crippen LogP contribution in [-0.4, -0.2) is 43.0 Å². The van der Waals surface area contributed by atoms with Crippen molar-refractivity contribution in [3.63, 3.8) is 0 Å². The van der Waals surface area contributed by atoms with Gasteiger partial charge in [-0.25, -0.2) is 0 Å². The van der Waals surface area contributed by atoms with Gasteiger partial charge in [-0.2, -0.15) is 0 Å². The number of carbonyl (C=O) groups excluding carboxylic acids is 1. The van der Waals surface area contributed by atoms with E-state index in [0.29, 0.717) is 5.56 Å². The minimum atomic E-state index is 0.0532. The fraction of sp³-hybridized carbons (Fsp3) is 0.400. The van der Waals surface area contributed by atoms with E-state index in [1.54, 1.807) is 17.3 Å². The zero-order chi connectivity index (χ0) is 10.1. The first kappa shape index (κ1) is 8.99. The number of amides is 1. The average molecular weight is 191 g/mol. The van der Waals surface area contributed by atoms with Gasteiger partial charge in [-0.05, 0) is 6.07 Å². The second kappa shape index (κ2) is 3.29. The van der Waals surface area contributed by atoms with Crippen molar-refractivity contribution in [2.24, 2.45) is 0 Å². The summed E-state index contributed by atoms with van der Waals surface area (Å²) in [6, 6.07) is 1.88. The Bertz CT molecular complexity index is 364. The highest BCUT2D eigenvalue weighted by atomic mass is 16.2. The molecule has 0 bridgehead atoms. The molecule has 0 radical (unpaired) electrons. The second-order valence-electron chi connectivity index (χ2n) is 3.54. The first-order valence-electron chi connectivity index (χ1n) is 4.61. The molecule has 0 saturated heterocycles. The molecule has 0 spiro atoms. The maximum atomic E-state index is 11.8. The predicted molar refractivity (Wildman–Crippen MR) is 54.5 cm³/mol. The van der Waals surface area contributed by atoms with E-state index in [2.05, 4.69) is 9.88 Å². The summed E-state index contributed by atoms with van der Waals surface area (Å²) in [5.41, 5.74) is 1.66. The quantitative estimate of drug-likeness (QED) is 0.602. The zero-order valence-electron chi connectivity index (χ0n) is 8.40. The number of pyridine rings is 1. The van der Waals surface area contributed by atoms with Gasteiger partial charge in [-0.3, -0.25) is 9.78 Å². The smallest absolute Gasteiger partial charge is 0.257 e. The molecular weight excluding hydrogens is 178 g/mol. The van der Waals surface area contributed by atoms with Gasteiger partial charge < -0.3 is 9.80 Å². The first-order chi connectivity index (χ1) is 6.70. The molecule has 1 aliphatic rings. The highest BCUT2D eigenvalue weighted by Crippen LogP contribution is 2.21. The van der Waals surface area contributed by atoms with Gasteiger partial charge in [0.25, 0.3) is 5.91 Å². The molecule has 4 heteroatoms. The Labute approximate surface area is 83.2 Å². The summed E-state index contributed by atoms with van der Waals surface area (Å²) >= 11 is 0. The number of hydrogen-bond donors (Lipinski definition) is 0. The SMILES string of the molecule is CN1CCN(C)c2ccncc2C1=O. The molecule has 1 aromatic heterocycles. The summed E-state index contributed by atoms with van der Waals surface area (Å²) in [7, 11) is 3.81. The van der Waals surface area contributed by atoms with E-state index in [4.69, 9.17) is 0 Å². The molecule has 14 heavy (non-hydrogen) atoms. The summed E-state index contributed by atoms with van der Waals surface area (Å²) < 4.78 is 0. The summed E-state index contributed by atoms with van der Waals surface area (Å²) in [5.74, 6) is 0.0532. The van der Waals surface area contributed by atoms with E-state index in [1.165, 1.54) is 0 Å². The van der Waals surface area contributed by atoms with E-state index in [0.717, 1.165) is 18.8 Å². The fourth-order valence-corrected chi connectivity index (χ4v) is 1.61. The number of nitrogens with zero attached hydrogens (tertiary/aromatic N) is 3. The lowest BCUT2D eigenvalue weighted by molar-refractivity contribution is 0.0804. The molecule has 0 atom stereocenters. The summed E-state index contributed by atoms with van der Waals surface area (Å²) in [5, 5.41) is 0. The van der Waals surface area contributed by atoms with Crippen molar-refractivity contribution in [3.8, 4) is 0 Å². The topological polar surface area (TPSA) is 36.4 Å². The molecule has 0 unspecified atom stereocenters. The number of aromatic nitrogens is 1. The standard InChI is InChI=1S/C10H13N3O/c1-12-5-6-13(2)10(14)8-7-11-4-3-9(8)12/h3-4,7H,5-6H2,1-2H3. The Morgan fingerprint density at radius 1 is 1.29 bits per heavy atom. The Morgan fingerprint density at radius 2 is 2.00 bits per heavy atom. The molecule has 4 nitrogen and oxygen atoms in total. The third kappa shape index (κ3) is 1.32. The lowest BCUT2D eigenvalue weighted by Gasteiger charge is -2.17. The van der Waals surface area contributed by atoms with Gasteiger partial charge >= 0.3 is 0 Å². The molecule has 74 valence electrons. The third-order valence-corrected chi connectivity index (χ3v) is 2.56. The van der Waals surface area contributed by atoms with E-state index < -0.39 is 0 Å². The number of fused-ring (bicyclic) bond motifs is 1. The maximum absolute atomic E-state index is 11.8. The minimum Gasteiger partial charge on any atom is -0.372 e. The Kier molecular flexibility index (Phi) is 2.11. The van der Waals surface area contributed by atoms with Crippen molar-refractivity contribution in [3.05, 3.63) is 24.0 Å². The van der Waals surface area contributed by atoms with Crippen LogP contribution in [0.3, 0.4) is 0 Å². The van der Waals surface area contributed by atoms with Crippen LogP contribution >= 0.6 is 0 Å². The third-order valence-electron chi connectivity index (χ3n) is 2.56. The molecule has 1 aliphatic heterocycles. The highest BCUT2D eigenvalue weighted by molar-refractivity contribution is 5.99. The number of hydrogen-bond acceptors (Lipinski definition) is 3. The van der Waals surface area contributed by atoms with E-state index in [-0.39, 0.29) is 5.91 Å². The van der Waals surface area contributed by atoms with Crippen LogP contribution in [0.5, 0.6) is 0 Å². The number of anilines is 1. The number of rotatable bonds is 0. The van der Waals surface area contributed by atoms with Crippen LogP contribution in [0.2, 0.25) is 0 Å². The van der Waals surface area contributed by atoms with Gasteiger partial charge in [-0.15, -0.1) is 0 Å². The molecular formula is C10H13N3O. The molecule has 1 aromatic rings. The van der Waals surface area contributed by atoms with Crippen molar-refractivity contribution in [1.29, 1.82) is 0 Å². The van der Waals surface area contributed by atoms with E-state index >= 15 is 0 Å². The van der Waals surface area contributed by atoms with Crippen LogP contribution in [-0.2, 0) is 0 Å². The average Bonchev–Trinajstić information content (AvgIpc) is 2.33. The largest absolute Gasteiger partial charge is 0.372 e. The van der Waals surface area contributed by atoms with Crippen molar-refractivity contribution < 1.29 is 4.79 Å². The van der Waals surface area contributed by atoms with Crippen LogP contribution in [0.4, 0.5) is 5.69 Å². The summed E-state index contributed by atoms with van der Waals surface area (Å²) in [6.45, 7) is 1.61. The number of likely N-dealkylation sites (N-methyl/N-ethyl adjacent to an activating group) is 2. The highest BCUT2D eigenvalue weighted by Gasteiger charge is 2.21. The van der Waals surface area contributed by atoms with Crippen molar-refractivity contribution in [2.45, 2.75) is 0 Å². The normalized spacial score (nSPS) is 16.6. The van der Waals surface area contributed by atoms with Crippen molar-refractivity contribution in [1.82, 2.24) is 9.88 Å². The van der Waals surface area contributed by atoms with Crippen molar-refractivity contribution in [2.75, 3.05) is 32.1 Å². The zero-order valence-corrected chi connectivity index (χ0v) is 8.40. The van der Waals surface area contributed by atoms with Gasteiger partial charge in [0.2, 0.25) is 0 Å². The first-order valence-corrected chi connectivity index (χ1v) is 4.61. The lowest BCUT2D eigenvalue weighted by Crippen LogP contribution is -2.29. The molecule has 0 aliphatic carbocycles. The summed E-state index contributed by atoms with van der Waals surface area (Å²) in [4.78, 5) is 19.6. The molecule has 0 aromatic carbocycles. The van der Waals surface area contributed by atoms with E-state index in [9.17, 15) is 4.79 Å². The Balaban J connectivity index is 2.51. The van der Waals surface area contributed by atoms with Crippen LogP contribution in [0, 0.1) is 0 Å². The van der Waals surface area contributed by atoms with Crippen LogP contribution in [0.1, 0.15) is 10.4 Å². The fourth-order valence-electron chi connectivity index (χ4n) is 1.61. The van der Waals surface area contributed by atoms with Gasteiger partial charge in [0.15, 0.2) is 0 Å².